The van der Waals surface area contributed by atoms with Crippen molar-refractivity contribution in [2.45, 2.75) is 13.8 Å². The van der Waals surface area contributed by atoms with Crippen LogP contribution in [0.2, 0.25) is 5.02 Å². The molecule has 122 valence electrons. The first kappa shape index (κ1) is 16.3. The Morgan fingerprint density at radius 1 is 1.26 bits per heavy atom. The molecule has 1 N–H and O–H groups in total. The van der Waals surface area contributed by atoms with Crippen molar-refractivity contribution in [1.82, 2.24) is 0 Å². The van der Waals surface area contributed by atoms with E-state index in [0.29, 0.717) is 18.2 Å². The third-order valence-corrected chi connectivity index (χ3v) is 5.05. The standard InChI is InChI=1S/C17H19ClN2O2S/c1-11-9-14(12(2)23-11)17(21)19-15-10-13(18)3-4-16(15)20-5-7-22-8-6-20/h3-4,9-10H,5-8H2,1-2H3,(H,19,21). The monoisotopic (exact) mass is 350 g/mol. The van der Waals surface area contributed by atoms with Gasteiger partial charge in [0.05, 0.1) is 30.2 Å². The molecule has 1 amide bonds. The number of anilines is 2. The Hall–Kier alpha value is -1.56. The Labute approximate surface area is 145 Å². The van der Waals surface area contributed by atoms with E-state index in [-0.39, 0.29) is 5.91 Å². The summed E-state index contributed by atoms with van der Waals surface area (Å²) in [7, 11) is 0. The molecule has 0 atom stereocenters. The number of nitrogens with one attached hydrogen (secondary N) is 1. The summed E-state index contributed by atoms with van der Waals surface area (Å²) in [5.74, 6) is -0.0939. The lowest BCUT2D eigenvalue weighted by Gasteiger charge is -2.30. The van der Waals surface area contributed by atoms with Crippen LogP contribution in [-0.2, 0) is 4.74 Å². The molecule has 0 spiro atoms. The molecule has 6 heteroatoms. The maximum atomic E-state index is 12.6. The first-order valence-corrected chi connectivity index (χ1v) is 8.74. The number of hydrogen-bond acceptors (Lipinski definition) is 4. The highest BCUT2D eigenvalue weighted by atomic mass is 35.5. The highest BCUT2D eigenvalue weighted by molar-refractivity contribution is 7.12. The normalized spacial score (nSPS) is 14.8. The van der Waals surface area contributed by atoms with Gasteiger partial charge in [-0.2, -0.15) is 0 Å². The van der Waals surface area contributed by atoms with Gasteiger partial charge in [0, 0.05) is 27.9 Å². The van der Waals surface area contributed by atoms with Crippen LogP contribution < -0.4 is 10.2 Å². The zero-order chi connectivity index (χ0) is 16.4. The number of thiophene rings is 1. The predicted octanol–water partition coefficient (Wildman–Crippen LogP) is 4.11. The molecule has 0 saturated carbocycles. The SMILES string of the molecule is Cc1cc(C(=O)Nc2cc(Cl)ccc2N2CCOCC2)c(C)s1. The van der Waals surface area contributed by atoms with Gasteiger partial charge in [0.25, 0.3) is 5.91 Å². The molecule has 4 nitrogen and oxygen atoms in total. The third kappa shape index (κ3) is 3.68. The predicted molar refractivity (Wildman–Crippen MR) is 96.2 cm³/mol. The molecular weight excluding hydrogens is 332 g/mol. The summed E-state index contributed by atoms with van der Waals surface area (Å²) in [6.07, 6.45) is 0. The summed E-state index contributed by atoms with van der Waals surface area (Å²) in [6, 6.07) is 7.53. The Kier molecular flexibility index (Phi) is 4.90. The Morgan fingerprint density at radius 3 is 2.65 bits per heavy atom. The minimum Gasteiger partial charge on any atom is -0.378 e. The van der Waals surface area contributed by atoms with Crippen molar-refractivity contribution in [3.63, 3.8) is 0 Å². The van der Waals surface area contributed by atoms with Crippen LogP contribution in [0.25, 0.3) is 0 Å². The van der Waals surface area contributed by atoms with E-state index in [1.165, 1.54) is 0 Å². The van der Waals surface area contributed by atoms with Crippen LogP contribution in [0.4, 0.5) is 11.4 Å². The van der Waals surface area contributed by atoms with E-state index in [4.69, 9.17) is 16.3 Å². The molecule has 2 aromatic rings. The molecule has 3 rings (SSSR count). The van der Waals surface area contributed by atoms with E-state index < -0.39 is 0 Å². The second-order valence-electron chi connectivity index (χ2n) is 5.54. The number of ether oxygens (including phenoxy) is 1. The molecule has 1 aliphatic heterocycles. The molecule has 1 saturated heterocycles. The van der Waals surface area contributed by atoms with Crippen LogP contribution in [0.3, 0.4) is 0 Å². The van der Waals surface area contributed by atoms with Gasteiger partial charge in [-0.3, -0.25) is 4.79 Å². The lowest BCUT2D eigenvalue weighted by molar-refractivity contribution is 0.102. The van der Waals surface area contributed by atoms with Crippen LogP contribution >= 0.6 is 22.9 Å². The van der Waals surface area contributed by atoms with Gasteiger partial charge in [0.15, 0.2) is 0 Å². The molecule has 2 heterocycles. The van der Waals surface area contributed by atoms with Crippen molar-refractivity contribution < 1.29 is 9.53 Å². The molecule has 0 unspecified atom stereocenters. The van der Waals surface area contributed by atoms with Gasteiger partial charge in [-0.25, -0.2) is 0 Å². The van der Waals surface area contributed by atoms with Crippen LogP contribution in [0.1, 0.15) is 20.1 Å². The number of benzene rings is 1. The first-order valence-electron chi connectivity index (χ1n) is 7.55. The number of amides is 1. The summed E-state index contributed by atoms with van der Waals surface area (Å²) in [6.45, 7) is 6.97. The van der Waals surface area contributed by atoms with Crippen molar-refractivity contribution >= 4 is 40.2 Å². The number of rotatable bonds is 3. The van der Waals surface area contributed by atoms with Crippen molar-refractivity contribution in [1.29, 1.82) is 0 Å². The highest BCUT2D eigenvalue weighted by Gasteiger charge is 2.18. The number of aryl methyl sites for hydroxylation is 2. The molecule has 0 aliphatic carbocycles. The second-order valence-corrected chi connectivity index (χ2v) is 7.44. The topological polar surface area (TPSA) is 41.6 Å². The molecule has 1 aliphatic rings. The van der Waals surface area contributed by atoms with Crippen molar-refractivity contribution in [3.05, 3.63) is 44.6 Å². The molecule has 1 aromatic heterocycles. The van der Waals surface area contributed by atoms with Gasteiger partial charge in [-0.05, 0) is 38.1 Å². The highest BCUT2D eigenvalue weighted by Crippen LogP contribution is 2.31. The Balaban J connectivity index is 1.87. The van der Waals surface area contributed by atoms with Gasteiger partial charge in [-0.15, -0.1) is 11.3 Å². The van der Waals surface area contributed by atoms with Gasteiger partial charge >= 0.3 is 0 Å². The van der Waals surface area contributed by atoms with E-state index in [1.54, 1.807) is 17.4 Å². The Morgan fingerprint density at radius 2 is 2.00 bits per heavy atom. The summed E-state index contributed by atoms with van der Waals surface area (Å²) in [4.78, 5) is 17.0. The van der Waals surface area contributed by atoms with Gasteiger partial charge in [0.2, 0.25) is 0 Å². The molecule has 0 radical (unpaired) electrons. The number of hydrogen-bond donors (Lipinski definition) is 1. The molecular formula is C17H19ClN2O2S. The number of carbonyl (C=O) groups is 1. The zero-order valence-electron chi connectivity index (χ0n) is 13.2. The second kappa shape index (κ2) is 6.91. The summed E-state index contributed by atoms with van der Waals surface area (Å²) in [5, 5.41) is 3.63. The smallest absolute Gasteiger partial charge is 0.256 e. The van der Waals surface area contributed by atoms with Crippen LogP contribution in [0.15, 0.2) is 24.3 Å². The van der Waals surface area contributed by atoms with E-state index >= 15 is 0 Å². The molecule has 23 heavy (non-hydrogen) atoms. The number of nitrogens with zero attached hydrogens (tertiary/aromatic N) is 1. The fourth-order valence-electron chi connectivity index (χ4n) is 2.73. The van der Waals surface area contributed by atoms with E-state index in [0.717, 1.165) is 39.8 Å². The van der Waals surface area contributed by atoms with Crippen LogP contribution in [-0.4, -0.2) is 32.2 Å². The zero-order valence-corrected chi connectivity index (χ0v) is 14.8. The van der Waals surface area contributed by atoms with E-state index in [9.17, 15) is 4.79 Å². The number of carbonyl (C=O) groups excluding carboxylic acids is 1. The Bertz CT molecular complexity index is 723. The molecule has 1 fully saturated rings. The van der Waals surface area contributed by atoms with Gasteiger partial charge in [-0.1, -0.05) is 11.6 Å². The van der Waals surface area contributed by atoms with Crippen molar-refractivity contribution in [2.24, 2.45) is 0 Å². The van der Waals surface area contributed by atoms with Gasteiger partial charge < -0.3 is 15.0 Å². The molecule has 0 bridgehead atoms. The quantitative estimate of drug-likeness (QED) is 0.905. The first-order chi connectivity index (χ1) is 11.0. The number of morpholine rings is 1. The lowest BCUT2D eigenvalue weighted by atomic mass is 10.2. The minimum absolute atomic E-state index is 0.0939. The van der Waals surface area contributed by atoms with Crippen LogP contribution in [0.5, 0.6) is 0 Å². The third-order valence-electron chi connectivity index (χ3n) is 3.84. The largest absolute Gasteiger partial charge is 0.378 e. The van der Waals surface area contributed by atoms with E-state index in [1.807, 2.05) is 32.0 Å². The number of halogens is 1. The van der Waals surface area contributed by atoms with Crippen LogP contribution in [0, 0.1) is 13.8 Å². The fourth-order valence-corrected chi connectivity index (χ4v) is 3.83. The average Bonchev–Trinajstić information content (AvgIpc) is 2.87. The van der Waals surface area contributed by atoms with Crippen molar-refractivity contribution in [2.75, 3.05) is 36.5 Å². The summed E-state index contributed by atoms with van der Waals surface area (Å²) < 4.78 is 5.40. The lowest BCUT2D eigenvalue weighted by Crippen LogP contribution is -2.36. The fraction of sp³-hybridized carbons (Fsp3) is 0.353. The average molecular weight is 351 g/mol. The van der Waals surface area contributed by atoms with Crippen molar-refractivity contribution in [3.8, 4) is 0 Å². The summed E-state index contributed by atoms with van der Waals surface area (Å²) >= 11 is 7.76. The molecule has 1 aromatic carbocycles. The summed E-state index contributed by atoms with van der Waals surface area (Å²) in [5.41, 5.74) is 2.45. The van der Waals surface area contributed by atoms with E-state index in [2.05, 4.69) is 10.2 Å². The maximum Gasteiger partial charge on any atom is 0.256 e. The minimum atomic E-state index is -0.0939. The van der Waals surface area contributed by atoms with Gasteiger partial charge in [0.1, 0.15) is 0 Å². The maximum absolute atomic E-state index is 12.6.